The van der Waals surface area contributed by atoms with Gasteiger partial charge < -0.3 is 4.90 Å². The van der Waals surface area contributed by atoms with Gasteiger partial charge in [-0.05, 0) is 65.6 Å². The molecule has 0 aliphatic carbocycles. The van der Waals surface area contributed by atoms with E-state index in [2.05, 4.69) is 29.1 Å². The quantitative estimate of drug-likeness (QED) is 0.634. The van der Waals surface area contributed by atoms with Crippen molar-refractivity contribution in [3.05, 3.63) is 65.5 Å². The van der Waals surface area contributed by atoms with E-state index in [0.29, 0.717) is 17.6 Å². The maximum Gasteiger partial charge on any atom is 0.246 e. The number of benzene rings is 2. The van der Waals surface area contributed by atoms with Gasteiger partial charge in [0.15, 0.2) is 0 Å². The minimum absolute atomic E-state index is 0.0100. The molecule has 4 rings (SSSR count). The van der Waals surface area contributed by atoms with Crippen molar-refractivity contribution in [3.8, 4) is 0 Å². The van der Waals surface area contributed by atoms with Crippen molar-refractivity contribution in [3.63, 3.8) is 0 Å². The molecule has 7 heteroatoms. The summed E-state index contributed by atoms with van der Waals surface area (Å²) in [5.74, 6) is -0.236. The molecular formula is C22H23FN4O2. The molecule has 1 fully saturated rings. The zero-order chi connectivity index (χ0) is 20.4. The highest BCUT2D eigenvalue weighted by atomic mass is 19.1. The normalized spacial score (nSPS) is 20.6. The van der Waals surface area contributed by atoms with Crippen LogP contribution < -0.4 is 0 Å². The van der Waals surface area contributed by atoms with Gasteiger partial charge in [0.25, 0.3) is 0 Å². The monoisotopic (exact) mass is 394 g/mol. The largest absolute Gasteiger partial charge is 0.334 e. The van der Waals surface area contributed by atoms with Crippen LogP contribution in [0.25, 0.3) is 17.1 Å². The number of amides is 1. The van der Waals surface area contributed by atoms with E-state index in [1.54, 1.807) is 12.2 Å². The van der Waals surface area contributed by atoms with Gasteiger partial charge in [0.05, 0.1) is 0 Å². The van der Waals surface area contributed by atoms with E-state index >= 15 is 0 Å². The molecule has 0 spiro atoms. The van der Waals surface area contributed by atoms with Crippen LogP contribution in [0.4, 0.5) is 4.39 Å². The third kappa shape index (κ3) is 4.35. The molecule has 0 radical (unpaired) electrons. The third-order valence-electron chi connectivity index (χ3n) is 5.39. The Morgan fingerprint density at radius 3 is 2.66 bits per heavy atom. The molecule has 2 aromatic carbocycles. The number of nitrogens with zero attached hydrogens (tertiary/aromatic N) is 4. The second-order valence-electron chi connectivity index (χ2n) is 7.59. The van der Waals surface area contributed by atoms with Gasteiger partial charge in [-0.25, -0.2) is 9.02 Å². The summed E-state index contributed by atoms with van der Waals surface area (Å²) in [6.45, 7) is 6.34. The number of hydrogen-bond acceptors (Lipinski definition) is 5. The predicted molar refractivity (Wildman–Crippen MR) is 108 cm³/mol. The third-order valence-corrected chi connectivity index (χ3v) is 5.39. The van der Waals surface area contributed by atoms with Gasteiger partial charge >= 0.3 is 0 Å². The number of hydrogen-bond donors (Lipinski definition) is 0. The summed E-state index contributed by atoms with van der Waals surface area (Å²) in [7, 11) is 0. The van der Waals surface area contributed by atoms with Crippen LogP contribution in [-0.2, 0) is 11.3 Å². The summed E-state index contributed by atoms with van der Waals surface area (Å²) < 4.78 is 17.8. The lowest BCUT2D eigenvalue weighted by Crippen LogP contribution is -2.57. The highest BCUT2D eigenvalue weighted by Gasteiger charge is 2.30. The van der Waals surface area contributed by atoms with Crippen molar-refractivity contribution in [1.29, 1.82) is 0 Å². The first-order valence-corrected chi connectivity index (χ1v) is 9.69. The minimum atomic E-state index is -0.226. The smallest absolute Gasteiger partial charge is 0.246 e. The molecule has 1 aliphatic rings. The molecule has 1 amide bonds. The standard InChI is InChI=1S/C22H23FN4O2/c1-15-13-27(16(2)12-26(15)14-18-3-7-19(23)8-4-18)22(28)10-6-17-5-9-20-21(11-17)25-29-24-20/h3-11,15-16H,12-14H2,1-2H3/b10-6+/t15-,16+/m0/s1. The Morgan fingerprint density at radius 1 is 1.10 bits per heavy atom. The second-order valence-corrected chi connectivity index (χ2v) is 7.59. The van der Waals surface area contributed by atoms with Crippen LogP contribution >= 0.6 is 0 Å². The van der Waals surface area contributed by atoms with E-state index < -0.39 is 0 Å². The van der Waals surface area contributed by atoms with Gasteiger partial charge in [0.1, 0.15) is 16.9 Å². The summed E-state index contributed by atoms with van der Waals surface area (Å²) in [5, 5.41) is 7.60. The van der Waals surface area contributed by atoms with E-state index in [9.17, 15) is 9.18 Å². The Labute approximate surface area is 168 Å². The summed E-state index contributed by atoms with van der Waals surface area (Å²) >= 11 is 0. The molecule has 0 bridgehead atoms. The Bertz CT molecular complexity index is 1030. The van der Waals surface area contributed by atoms with Crippen molar-refractivity contribution < 1.29 is 13.8 Å². The number of fused-ring (bicyclic) bond motifs is 1. The molecule has 0 unspecified atom stereocenters. The first-order chi connectivity index (χ1) is 14.0. The Morgan fingerprint density at radius 2 is 1.86 bits per heavy atom. The molecule has 0 saturated carbocycles. The molecule has 150 valence electrons. The topological polar surface area (TPSA) is 62.5 Å². The first kappa shape index (κ1) is 19.3. The number of carbonyl (C=O) groups excluding carboxylic acids is 1. The minimum Gasteiger partial charge on any atom is -0.334 e. The molecule has 1 saturated heterocycles. The average molecular weight is 394 g/mol. The van der Waals surface area contributed by atoms with Gasteiger partial charge in [-0.15, -0.1) is 0 Å². The Balaban J connectivity index is 1.39. The molecule has 29 heavy (non-hydrogen) atoms. The first-order valence-electron chi connectivity index (χ1n) is 9.69. The van der Waals surface area contributed by atoms with Gasteiger partial charge in [0.2, 0.25) is 5.91 Å². The predicted octanol–water partition coefficient (Wildman–Crippen LogP) is 3.50. The summed E-state index contributed by atoms with van der Waals surface area (Å²) in [4.78, 5) is 17.0. The lowest BCUT2D eigenvalue weighted by molar-refractivity contribution is -0.131. The maximum absolute atomic E-state index is 13.1. The van der Waals surface area contributed by atoms with Gasteiger partial charge in [0, 0.05) is 37.8 Å². The lowest BCUT2D eigenvalue weighted by atomic mass is 10.1. The number of aromatic nitrogens is 2. The molecule has 6 nitrogen and oxygen atoms in total. The number of rotatable bonds is 4. The second kappa shape index (κ2) is 8.13. The van der Waals surface area contributed by atoms with E-state index in [0.717, 1.165) is 24.2 Å². The van der Waals surface area contributed by atoms with E-state index in [-0.39, 0.29) is 23.8 Å². The molecular weight excluding hydrogens is 371 g/mol. The highest BCUT2D eigenvalue weighted by Crippen LogP contribution is 2.19. The molecule has 2 atom stereocenters. The van der Waals surface area contributed by atoms with E-state index in [1.807, 2.05) is 35.2 Å². The SMILES string of the molecule is C[C@@H]1CN(Cc2ccc(F)cc2)[C@@H](C)CN1C(=O)/C=C/c1ccc2nonc2c1. The van der Waals surface area contributed by atoms with Crippen LogP contribution in [0.15, 0.2) is 53.2 Å². The number of halogens is 1. The lowest BCUT2D eigenvalue weighted by Gasteiger charge is -2.44. The summed E-state index contributed by atoms with van der Waals surface area (Å²) in [6.07, 6.45) is 3.40. The van der Waals surface area contributed by atoms with Crippen LogP contribution in [-0.4, -0.2) is 51.2 Å². The zero-order valence-electron chi connectivity index (χ0n) is 16.5. The Hall–Kier alpha value is -3.06. The molecule has 0 N–H and O–H groups in total. The van der Waals surface area contributed by atoms with Gasteiger partial charge in [-0.3, -0.25) is 9.69 Å². The highest BCUT2D eigenvalue weighted by molar-refractivity contribution is 5.92. The number of piperazine rings is 1. The molecule has 1 aromatic heterocycles. The molecule has 2 heterocycles. The van der Waals surface area contributed by atoms with Crippen LogP contribution in [0, 0.1) is 5.82 Å². The van der Waals surface area contributed by atoms with Crippen LogP contribution in [0.1, 0.15) is 25.0 Å². The summed E-state index contributed by atoms with van der Waals surface area (Å²) in [5.41, 5.74) is 3.30. The van der Waals surface area contributed by atoms with Gasteiger partial charge in [-0.2, -0.15) is 0 Å². The zero-order valence-corrected chi connectivity index (χ0v) is 16.5. The van der Waals surface area contributed by atoms with E-state index in [1.165, 1.54) is 12.1 Å². The van der Waals surface area contributed by atoms with Gasteiger partial charge in [-0.1, -0.05) is 18.2 Å². The van der Waals surface area contributed by atoms with Crippen LogP contribution in [0.2, 0.25) is 0 Å². The summed E-state index contributed by atoms with van der Waals surface area (Å²) in [6, 6.07) is 12.4. The van der Waals surface area contributed by atoms with Crippen molar-refractivity contribution in [2.75, 3.05) is 13.1 Å². The molecule has 3 aromatic rings. The number of carbonyl (C=O) groups is 1. The fourth-order valence-electron chi connectivity index (χ4n) is 3.72. The van der Waals surface area contributed by atoms with E-state index in [4.69, 9.17) is 4.63 Å². The van der Waals surface area contributed by atoms with Crippen molar-refractivity contribution in [2.24, 2.45) is 0 Å². The molecule has 1 aliphatic heterocycles. The van der Waals surface area contributed by atoms with Crippen LogP contribution in [0.3, 0.4) is 0 Å². The van der Waals surface area contributed by atoms with Crippen molar-refractivity contribution >= 4 is 23.0 Å². The maximum atomic E-state index is 13.1. The average Bonchev–Trinajstić information content (AvgIpc) is 3.18. The van der Waals surface area contributed by atoms with Crippen LogP contribution in [0.5, 0.6) is 0 Å². The Kier molecular flexibility index (Phi) is 5.40. The fourth-order valence-corrected chi connectivity index (χ4v) is 3.72. The van der Waals surface area contributed by atoms with Crippen molar-refractivity contribution in [1.82, 2.24) is 20.1 Å². The fraction of sp³-hybridized carbons (Fsp3) is 0.318. The van der Waals surface area contributed by atoms with Crippen molar-refractivity contribution in [2.45, 2.75) is 32.5 Å².